The van der Waals surface area contributed by atoms with Crippen molar-refractivity contribution in [1.29, 1.82) is 0 Å². The Morgan fingerprint density at radius 1 is 0.267 bits per heavy atom. The molecule has 0 aliphatic heterocycles. The molecule has 0 bridgehead atoms. The fraction of sp³-hybridized carbons (Fsp3) is 0.951. The van der Waals surface area contributed by atoms with E-state index in [1.807, 2.05) is 0 Å². The zero-order valence-electron chi connectivity index (χ0n) is 66.1. The van der Waals surface area contributed by atoms with Crippen molar-refractivity contribution in [3.63, 3.8) is 0 Å². The fourth-order valence-electron chi connectivity index (χ4n) is 12.8. The average Bonchev–Trinajstić information content (AvgIpc) is 0.959. The van der Waals surface area contributed by atoms with Crippen LogP contribution in [-0.4, -0.2) is 96.7 Å². The van der Waals surface area contributed by atoms with Crippen LogP contribution in [0.2, 0.25) is 0 Å². The van der Waals surface area contributed by atoms with E-state index in [9.17, 15) is 43.2 Å². The van der Waals surface area contributed by atoms with Gasteiger partial charge in [-0.15, -0.1) is 0 Å². The summed E-state index contributed by atoms with van der Waals surface area (Å²) in [5.41, 5.74) is 0. The Bertz CT molecular complexity index is 1930. The highest BCUT2D eigenvalue weighted by molar-refractivity contribution is 7.47. The van der Waals surface area contributed by atoms with Crippen molar-refractivity contribution in [2.75, 3.05) is 39.6 Å². The highest BCUT2D eigenvalue weighted by Gasteiger charge is 2.30. The number of aliphatic hydroxyl groups is 1. The van der Waals surface area contributed by atoms with E-state index in [1.54, 1.807) is 0 Å². The van der Waals surface area contributed by atoms with Gasteiger partial charge in [0.15, 0.2) is 12.2 Å². The molecule has 3 N–H and O–H groups in total. The van der Waals surface area contributed by atoms with E-state index in [1.165, 1.54) is 257 Å². The third-order valence-electron chi connectivity index (χ3n) is 19.3. The first-order valence-corrected chi connectivity index (χ1v) is 45.6. The van der Waals surface area contributed by atoms with E-state index in [-0.39, 0.29) is 25.7 Å². The summed E-state index contributed by atoms with van der Waals surface area (Å²) in [5.74, 6) is -1.32. The van der Waals surface area contributed by atoms with Crippen LogP contribution in [0.4, 0.5) is 0 Å². The molecule has 0 aromatic rings. The normalized spacial score (nSPS) is 13.8. The average molecular weight is 1480 g/mol. The molecule has 0 amide bonds. The van der Waals surface area contributed by atoms with Crippen molar-refractivity contribution < 1.29 is 80.2 Å². The number of esters is 4. The SMILES string of the molecule is CCCCCCCCCCCCCCCCCCCCCCCCC(=O)O[C@H](COC(=O)CCCCCCCCCCCCCCCC(C)C)COP(=O)(O)OC[C@@H](O)COP(=O)(O)OC[C@@H](COC(=O)CCCCCCCCCC)OC(=O)CCCCCCCCCCCCCCCCC. The van der Waals surface area contributed by atoms with Crippen molar-refractivity contribution >= 4 is 39.5 Å². The summed E-state index contributed by atoms with van der Waals surface area (Å²) in [5, 5.41) is 10.6. The number of rotatable bonds is 82. The highest BCUT2D eigenvalue weighted by atomic mass is 31.2. The van der Waals surface area contributed by atoms with Crippen LogP contribution in [0.1, 0.15) is 439 Å². The summed E-state index contributed by atoms with van der Waals surface area (Å²) in [6.45, 7) is 7.33. The number of phosphoric acid groups is 2. The first-order chi connectivity index (χ1) is 49.0. The number of ether oxygens (including phenoxy) is 4. The minimum Gasteiger partial charge on any atom is -0.462 e. The lowest BCUT2D eigenvalue weighted by molar-refractivity contribution is -0.161. The van der Waals surface area contributed by atoms with Crippen LogP contribution in [-0.2, 0) is 65.4 Å². The summed E-state index contributed by atoms with van der Waals surface area (Å²) in [6.07, 6.45) is 66.8. The molecule has 0 heterocycles. The van der Waals surface area contributed by atoms with Crippen LogP contribution in [0, 0.1) is 5.92 Å². The molecule has 0 saturated heterocycles. The van der Waals surface area contributed by atoms with Gasteiger partial charge < -0.3 is 33.8 Å². The van der Waals surface area contributed by atoms with Gasteiger partial charge in [0.1, 0.15) is 19.3 Å². The molecule has 0 aliphatic rings. The third kappa shape index (κ3) is 76.1. The third-order valence-corrected chi connectivity index (χ3v) is 21.2. The summed E-state index contributed by atoms with van der Waals surface area (Å²) in [6, 6.07) is 0. The summed E-state index contributed by atoms with van der Waals surface area (Å²) < 4.78 is 68.7. The number of carbonyl (C=O) groups excluding carboxylic acids is 4. The Labute approximate surface area is 619 Å². The summed E-state index contributed by atoms with van der Waals surface area (Å²) >= 11 is 0. The predicted octanol–water partition coefficient (Wildman–Crippen LogP) is 24.8. The standard InChI is InChI=1S/C82H160O17P2/c1-6-9-12-15-18-21-23-25-27-28-29-30-31-32-33-35-39-44-48-53-58-63-68-82(87)99-78(72-93-80(85)66-61-56-51-46-42-40-36-37-41-45-49-54-59-64-75(4)5)74-97-101(90,91)95-70-76(83)69-94-100(88,89)96-73-77(71-92-79(84)65-60-55-50-20-17-14-11-8-3)98-81(86)67-62-57-52-47-43-38-34-26-24-22-19-16-13-10-7-2/h75-78,83H,6-74H2,1-5H3,(H,88,89)(H,90,91)/t76-,77+,78+/m0/s1. The second-order valence-corrected chi connectivity index (χ2v) is 32.9. The maximum absolute atomic E-state index is 13.1. The highest BCUT2D eigenvalue weighted by Crippen LogP contribution is 2.45. The Morgan fingerprint density at radius 2 is 0.455 bits per heavy atom. The van der Waals surface area contributed by atoms with Gasteiger partial charge in [-0.1, -0.05) is 388 Å². The van der Waals surface area contributed by atoms with E-state index in [0.717, 1.165) is 102 Å². The first-order valence-electron chi connectivity index (χ1n) is 42.6. The zero-order valence-corrected chi connectivity index (χ0v) is 67.8. The van der Waals surface area contributed by atoms with Crippen LogP contribution in [0.25, 0.3) is 0 Å². The van der Waals surface area contributed by atoms with Gasteiger partial charge in [0, 0.05) is 25.7 Å². The molecule has 0 aliphatic carbocycles. The molecule has 101 heavy (non-hydrogen) atoms. The monoisotopic (exact) mass is 1480 g/mol. The number of aliphatic hydroxyl groups excluding tert-OH is 1. The van der Waals surface area contributed by atoms with Crippen LogP contribution in [0.3, 0.4) is 0 Å². The fourth-order valence-corrected chi connectivity index (χ4v) is 14.3. The zero-order chi connectivity index (χ0) is 74.1. The molecule has 0 radical (unpaired) electrons. The van der Waals surface area contributed by atoms with Gasteiger partial charge in [-0.2, -0.15) is 0 Å². The minimum absolute atomic E-state index is 0.108. The largest absolute Gasteiger partial charge is 0.472 e. The molecule has 17 nitrogen and oxygen atoms in total. The van der Waals surface area contributed by atoms with Crippen LogP contribution in [0.5, 0.6) is 0 Å². The lowest BCUT2D eigenvalue weighted by Gasteiger charge is -2.21. The van der Waals surface area contributed by atoms with Gasteiger partial charge in [-0.3, -0.25) is 37.3 Å². The quantitative estimate of drug-likeness (QED) is 0.0222. The van der Waals surface area contributed by atoms with Crippen molar-refractivity contribution in [3.05, 3.63) is 0 Å². The Balaban J connectivity index is 5.18. The molecule has 0 saturated carbocycles. The number of unbranched alkanes of at least 4 members (excludes halogenated alkanes) is 54. The van der Waals surface area contributed by atoms with Crippen LogP contribution < -0.4 is 0 Å². The minimum atomic E-state index is -4.96. The van der Waals surface area contributed by atoms with Gasteiger partial charge in [0.2, 0.25) is 0 Å². The van der Waals surface area contributed by atoms with Crippen molar-refractivity contribution in [3.8, 4) is 0 Å². The Hall–Kier alpha value is -1.94. The number of carbonyl (C=O) groups is 4. The molecule has 0 spiro atoms. The number of hydrogen-bond donors (Lipinski definition) is 3. The summed E-state index contributed by atoms with van der Waals surface area (Å²) in [4.78, 5) is 73.0. The smallest absolute Gasteiger partial charge is 0.462 e. The van der Waals surface area contributed by atoms with E-state index >= 15 is 0 Å². The van der Waals surface area contributed by atoms with Crippen molar-refractivity contribution in [2.24, 2.45) is 5.92 Å². The molecular weight excluding hydrogens is 1320 g/mol. The van der Waals surface area contributed by atoms with Gasteiger partial charge in [-0.05, 0) is 31.6 Å². The molecule has 19 heteroatoms. The van der Waals surface area contributed by atoms with Gasteiger partial charge in [0.25, 0.3) is 0 Å². The number of phosphoric ester groups is 2. The molecule has 0 aromatic carbocycles. The van der Waals surface area contributed by atoms with Crippen molar-refractivity contribution in [2.45, 2.75) is 457 Å². The Morgan fingerprint density at radius 3 is 0.673 bits per heavy atom. The second kappa shape index (κ2) is 74.9. The molecular formula is C82H160O17P2. The van der Waals surface area contributed by atoms with E-state index < -0.39 is 97.5 Å². The topological polar surface area (TPSA) is 237 Å². The lowest BCUT2D eigenvalue weighted by Crippen LogP contribution is -2.30. The molecule has 600 valence electrons. The van der Waals surface area contributed by atoms with E-state index in [2.05, 4.69) is 34.6 Å². The molecule has 0 fully saturated rings. The Kier molecular flexibility index (Phi) is 73.5. The van der Waals surface area contributed by atoms with Crippen LogP contribution >= 0.6 is 15.6 Å². The molecule has 0 aromatic heterocycles. The lowest BCUT2D eigenvalue weighted by atomic mass is 10.0. The molecule has 5 atom stereocenters. The molecule has 0 rings (SSSR count). The van der Waals surface area contributed by atoms with Gasteiger partial charge >= 0.3 is 39.5 Å². The van der Waals surface area contributed by atoms with Crippen molar-refractivity contribution in [1.82, 2.24) is 0 Å². The predicted molar refractivity (Wildman–Crippen MR) is 414 cm³/mol. The maximum atomic E-state index is 13.1. The van der Waals surface area contributed by atoms with E-state index in [0.29, 0.717) is 25.7 Å². The number of hydrogen-bond acceptors (Lipinski definition) is 15. The maximum Gasteiger partial charge on any atom is 0.472 e. The first kappa shape index (κ1) is 99.1. The van der Waals surface area contributed by atoms with Gasteiger partial charge in [0.05, 0.1) is 26.4 Å². The van der Waals surface area contributed by atoms with Gasteiger partial charge in [-0.25, -0.2) is 9.13 Å². The van der Waals surface area contributed by atoms with Crippen LogP contribution in [0.15, 0.2) is 0 Å². The van der Waals surface area contributed by atoms with E-state index in [4.69, 9.17) is 37.0 Å². The second-order valence-electron chi connectivity index (χ2n) is 30.0. The summed E-state index contributed by atoms with van der Waals surface area (Å²) in [7, 11) is -9.92. The molecule has 2 unspecified atom stereocenters.